The number of nitrogens with zero attached hydrogens (tertiary/aromatic N) is 19. The third kappa shape index (κ3) is 26.7. The Morgan fingerprint density at radius 3 is 1.07 bits per heavy atom. The summed E-state index contributed by atoms with van der Waals surface area (Å²) in [5.41, 5.74) is 6.73. The lowest BCUT2D eigenvalue weighted by Gasteiger charge is -2.40. The van der Waals surface area contributed by atoms with E-state index in [0.29, 0.717) is 74.4 Å². The molecular formula is C107H130BCl2N19O13. The highest BCUT2D eigenvalue weighted by atomic mass is 35.5. The van der Waals surface area contributed by atoms with Crippen LogP contribution in [0.5, 0.6) is 23.5 Å². The minimum Gasteiger partial charge on any atom is -0.469 e. The number of anilines is 4. The monoisotopic (exact) mass is 1970 g/mol. The first-order valence-corrected chi connectivity index (χ1v) is 49.3. The maximum Gasteiger partial charge on any atom is 0.490 e. The highest BCUT2D eigenvalue weighted by Crippen LogP contribution is 2.42. The van der Waals surface area contributed by atoms with Crippen molar-refractivity contribution in [1.82, 2.24) is 74.5 Å². The normalized spacial score (nSPS) is 17.8. The Kier molecular flexibility index (Phi) is 33.5. The van der Waals surface area contributed by atoms with Gasteiger partial charge in [-0.3, -0.25) is 9.97 Å². The van der Waals surface area contributed by atoms with E-state index in [-0.39, 0.29) is 79.3 Å². The fraction of sp³-hybridized carbons (Fsp3) is 0.449. The molecule has 35 heteroatoms. The molecule has 1 aliphatic carbocycles. The number of fused-ring (bicyclic) bond motifs is 4. The van der Waals surface area contributed by atoms with Gasteiger partial charge in [-0.1, -0.05) is 116 Å². The van der Waals surface area contributed by atoms with Crippen molar-refractivity contribution < 1.29 is 62.0 Å². The number of amides is 3. The van der Waals surface area contributed by atoms with E-state index in [4.69, 9.17) is 74.1 Å². The number of pyridine rings is 4. The fourth-order valence-corrected chi connectivity index (χ4v) is 17.7. The van der Waals surface area contributed by atoms with E-state index >= 15 is 0 Å². The van der Waals surface area contributed by atoms with E-state index in [1.54, 1.807) is 64.3 Å². The molecule has 8 aliphatic heterocycles. The number of aliphatic hydroxyl groups excluding tert-OH is 1. The van der Waals surface area contributed by atoms with Crippen LogP contribution in [-0.4, -0.2) is 256 Å². The average Bonchev–Trinajstić information content (AvgIpc) is 1.60. The van der Waals surface area contributed by atoms with Gasteiger partial charge < -0.3 is 81.9 Å². The number of aromatic nitrogens is 12. The zero-order valence-corrected chi connectivity index (χ0v) is 85.1. The van der Waals surface area contributed by atoms with Crippen molar-refractivity contribution >= 4 is 122 Å². The quantitative estimate of drug-likeness (QED) is 0.0693. The van der Waals surface area contributed by atoms with Crippen molar-refractivity contribution in [2.45, 2.75) is 212 Å². The summed E-state index contributed by atoms with van der Waals surface area (Å²) in [5.74, 6) is 6.87. The molecule has 142 heavy (non-hydrogen) atoms. The summed E-state index contributed by atoms with van der Waals surface area (Å²) >= 11 is 5.94. The standard InChI is InChI=1S/C26H31N5O3.C26H29N5O3.C22H24N4O.C16H28BNO4.C16H13ClN4O.CH4O.ClH/c2*1-26(2,3)34-25(32)30-14-10-19(11-15-30)23-24(28-13-12-27-23)33-20-16-31(17-20)22-9-8-18-6-4-5-7-21(18)29-22;1-2-7-17(8-3-1)21-22(24-13-12-23-21)27-18-14-26(15-18)20-11-10-16-6-4-5-9-19(16)25-20;1-14(2,3)20-13(19)18-10-8-12(9-11-18)17-21-15(4,5)16(6,7)22-17;17-15-16(19-8-7-18-15)22-12-9-21(10-12)14-6-5-11-3-1-2-4-13(11)20-14;1-2;/h4-9,12-13,19-20H,10-11,14-17H2,1-3H3;4-10,12-13,20H,11,14-17H2,1-3H3;4-6,9-13,17-18H,1-3,7-8,14-15H2;8H,9-11H2,1-7H3;1-8,12H,9-10H2;2H,1H3;1H. The lowest BCUT2D eigenvalue weighted by Crippen LogP contribution is -2.54. The number of aliphatic hydroxyl groups is 1. The number of likely N-dealkylation sites (tertiary alicyclic amines) is 1. The molecule has 0 radical (unpaired) electrons. The van der Waals surface area contributed by atoms with Gasteiger partial charge in [0, 0.05) is 129 Å². The van der Waals surface area contributed by atoms with Crippen LogP contribution in [0.15, 0.2) is 213 Å². The summed E-state index contributed by atoms with van der Waals surface area (Å²) < 4.78 is 53.0. The highest BCUT2D eigenvalue weighted by Gasteiger charge is 2.53. The van der Waals surface area contributed by atoms with E-state index in [1.807, 2.05) is 175 Å². The van der Waals surface area contributed by atoms with Crippen molar-refractivity contribution in [2.75, 3.05) is 118 Å². The largest absolute Gasteiger partial charge is 0.490 e. The van der Waals surface area contributed by atoms with Gasteiger partial charge in [0.25, 0.3) is 5.88 Å². The summed E-state index contributed by atoms with van der Waals surface area (Å²) in [4.78, 5) is 105. The number of ether oxygens (including phenoxy) is 7. The van der Waals surface area contributed by atoms with Gasteiger partial charge in [0.1, 0.15) is 81.6 Å². The van der Waals surface area contributed by atoms with Gasteiger partial charge in [-0.15, -0.1) is 12.4 Å². The number of rotatable bonds is 16. The lowest BCUT2D eigenvalue weighted by atomic mass is 9.75. The molecule has 12 aromatic rings. The SMILES string of the molecule is CC(C)(C)OC(=O)N1CC=C(B2OC(C)(C)C(C)(C)O2)CC1.CC(C)(C)OC(=O)N1CC=C(c2nccnc2OC2CN(c3ccc4ccccc4n3)C2)CC1.CC(C)(C)OC(=O)N1CCC(c2nccnc2OC2CN(c3ccc4ccccc4n3)C2)CC1.CO.Cl.Clc1nccnc1OC1CN(c2ccc3ccccc3n2)C1.c1ccc2nc(N3CC(Oc4nccnc4C4CCCCC4)C3)ccc2c1. The Labute approximate surface area is 842 Å². The summed E-state index contributed by atoms with van der Waals surface area (Å²) in [6.45, 7) is 34.8. The van der Waals surface area contributed by atoms with Crippen LogP contribution in [0.4, 0.5) is 37.7 Å². The number of hydrogen-bond donors (Lipinski definition) is 1. The lowest BCUT2D eigenvalue weighted by molar-refractivity contribution is 0.00578. The number of piperidine rings is 1. The van der Waals surface area contributed by atoms with Crippen LogP contribution in [-0.2, 0) is 23.5 Å². The number of halogens is 2. The molecule has 16 heterocycles. The molecule has 0 spiro atoms. The molecule has 4 aromatic carbocycles. The minimum atomic E-state index is -0.508. The van der Waals surface area contributed by atoms with Crippen LogP contribution >= 0.6 is 24.0 Å². The van der Waals surface area contributed by atoms with Crippen molar-refractivity contribution in [3.05, 3.63) is 235 Å². The average molecular weight is 1970 g/mol. The Hall–Kier alpha value is -12.9. The number of hydrogen-bond acceptors (Lipinski definition) is 29. The molecule has 0 atom stereocenters. The predicted octanol–water partition coefficient (Wildman–Crippen LogP) is 19.2. The maximum atomic E-state index is 12.4. The van der Waals surface area contributed by atoms with Gasteiger partial charge in [0.15, 0.2) is 5.15 Å². The second-order valence-electron chi connectivity index (χ2n) is 40.4. The molecule has 748 valence electrons. The van der Waals surface area contributed by atoms with Crippen molar-refractivity contribution in [2.24, 2.45) is 0 Å². The molecule has 7 fully saturated rings. The molecule has 32 nitrogen and oxygen atoms in total. The molecule has 21 rings (SSSR count). The Morgan fingerprint density at radius 2 is 0.704 bits per heavy atom. The number of carbonyl (C=O) groups excluding carboxylic acids is 3. The molecule has 6 saturated heterocycles. The van der Waals surface area contributed by atoms with E-state index in [1.165, 1.54) is 37.5 Å². The van der Waals surface area contributed by atoms with Gasteiger partial charge in [-0.2, -0.15) is 0 Å². The van der Waals surface area contributed by atoms with Crippen LogP contribution in [0.2, 0.25) is 5.15 Å². The number of para-hydroxylation sites is 4. The summed E-state index contributed by atoms with van der Waals surface area (Å²) in [6, 6.07) is 49.2. The first-order chi connectivity index (χ1) is 67.8. The number of benzene rings is 4. The van der Waals surface area contributed by atoms with Crippen LogP contribution in [0.3, 0.4) is 0 Å². The van der Waals surface area contributed by atoms with Crippen molar-refractivity contribution in [1.29, 1.82) is 0 Å². The zero-order chi connectivity index (χ0) is 99.2. The molecule has 8 aromatic heterocycles. The smallest absolute Gasteiger partial charge is 0.469 e. The van der Waals surface area contributed by atoms with Crippen LogP contribution in [0.25, 0.3) is 49.2 Å². The van der Waals surface area contributed by atoms with E-state index in [0.717, 1.165) is 174 Å². The van der Waals surface area contributed by atoms with Gasteiger partial charge in [0.05, 0.1) is 85.6 Å². The van der Waals surface area contributed by atoms with Crippen LogP contribution in [0, 0.1) is 0 Å². The maximum absolute atomic E-state index is 12.4. The van der Waals surface area contributed by atoms with Gasteiger partial charge in [0.2, 0.25) is 17.6 Å². The number of carbonyl (C=O) groups is 3. The first kappa shape index (κ1) is 103. The van der Waals surface area contributed by atoms with E-state index < -0.39 is 16.8 Å². The molecule has 0 unspecified atom stereocenters. The topological polar surface area (TPSA) is 332 Å². The molecule has 0 bridgehead atoms. The van der Waals surface area contributed by atoms with Crippen LogP contribution in [0.1, 0.15) is 177 Å². The van der Waals surface area contributed by atoms with Crippen molar-refractivity contribution in [3.8, 4) is 23.5 Å². The van der Waals surface area contributed by atoms with Crippen molar-refractivity contribution in [3.63, 3.8) is 0 Å². The van der Waals surface area contributed by atoms with Gasteiger partial charge in [-0.25, -0.2) is 64.2 Å². The van der Waals surface area contributed by atoms with E-state index in [2.05, 4.69) is 137 Å². The molecular weight excluding hydrogens is 1840 g/mol. The first-order valence-electron chi connectivity index (χ1n) is 48.9. The molecule has 1 saturated carbocycles. The third-order valence-electron chi connectivity index (χ3n) is 25.9. The minimum absolute atomic E-state index is 0. The summed E-state index contributed by atoms with van der Waals surface area (Å²) in [5, 5.41) is 11.9. The fourth-order valence-electron chi connectivity index (χ4n) is 17.6. The molecule has 9 aliphatic rings. The second-order valence-corrected chi connectivity index (χ2v) is 40.8. The highest BCUT2D eigenvalue weighted by molar-refractivity contribution is 6.54. The Balaban J connectivity index is 0.000000135. The predicted molar refractivity (Wildman–Crippen MR) is 555 cm³/mol. The zero-order valence-electron chi connectivity index (χ0n) is 83.6. The Morgan fingerprint density at radius 1 is 0.380 bits per heavy atom. The third-order valence-corrected chi connectivity index (χ3v) is 26.2. The van der Waals surface area contributed by atoms with E-state index in [9.17, 15) is 14.4 Å². The molecule has 3 amide bonds. The summed E-state index contributed by atoms with van der Waals surface area (Å²) in [6.07, 6.45) is 26.2. The Bertz CT molecular complexity index is 6360. The molecule has 1 N–H and O–H groups in total. The van der Waals surface area contributed by atoms with Gasteiger partial charge >= 0.3 is 25.4 Å². The van der Waals surface area contributed by atoms with Crippen LogP contribution < -0.4 is 38.5 Å². The summed E-state index contributed by atoms with van der Waals surface area (Å²) in [7, 11) is 0.686. The second kappa shape index (κ2) is 46.0. The van der Waals surface area contributed by atoms with Gasteiger partial charge in [-0.05, 0) is 212 Å².